The highest BCUT2D eigenvalue weighted by molar-refractivity contribution is 7.86. The number of carbonyl (C=O) groups excluding carboxylic acids is 2. The smallest absolute Gasteiger partial charge is 0.414 e. The monoisotopic (exact) mass is 352 g/mol. The van der Waals surface area contributed by atoms with E-state index in [9.17, 15) is 18.2 Å². The van der Waals surface area contributed by atoms with Crippen molar-refractivity contribution in [2.45, 2.75) is 13.0 Å². The molecule has 2 aliphatic rings. The predicted octanol–water partition coefficient (Wildman–Crippen LogP) is 1.43. The predicted molar refractivity (Wildman–Crippen MR) is 88.6 cm³/mol. The van der Waals surface area contributed by atoms with E-state index < -0.39 is 28.8 Å². The quantitative estimate of drug-likeness (QED) is 0.890. The molecule has 2 heterocycles. The molecule has 24 heavy (non-hydrogen) atoms. The fraction of sp³-hybridized carbons (Fsp3) is 0.375. The summed E-state index contributed by atoms with van der Waals surface area (Å²) in [4.78, 5) is 24.2. The number of anilines is 1. The Labute approximate surface area is 141 Å². The molecule has 1 aromatic carbocycles. The molecular weight excluding hydrogens is 335 g/mol. The summed E-state index contributed by atoms with van der Waals surface area (Å²) in [6.45, 7) is 1.84. The zero-order valence-corrected chi connectivity index (χ0v) is 13.9. The van der Waals surface area contributed by atoms with Gasteiger partial charge in [-0.2, -0.15) is 0 Å². The molecule has 2 atom stereocenters. The maximum atomic E-state index is 14.4. The molecule has 2 unspecified atom stereocenters. The maximum Gasteiger partial charge on any atom is 0.414 e. The van der Waals surface area contributed by atoms with Gasteiger partial charge in [-0.05, 0) is 23.8 Å². The van der Waals surface area contributed by atoms with Gasteiger partial charge in [-0.3, -0.25) is 13.9 Å². The van der Waals surface area contributed by atoms with Gasteiger partial charge in [0.2, 0.25) is 5.91 Å². The SMILES string of the molecule is CC(=O)NCC1CN(c2ccc(C3=CCS(=O)C3)c(F)c2)C(=O)O1. The topological polar surface area (TPSA) is 75.7 Å². The van der Waals surface area contributed by atoms with Gasteiger partial charge in [0.15, 0.2) is 0 Å². The largest absolute Gasteiger partial charge is 0.442 e. The second-order valence-electron chi connectivity index (χ2n) is 5.70. The Balaban J connectivity index is 1.73. The number of amides is 2. The molecule has 0 bridgehead atoms. The van der Waals surface area contributed by atoms with Crippen LogP contribution in [0.3, 0.4) is 0 Å². The van der Waals surface area contributed by atoms with Crippen LogP contribution in [0.4, 0.5) is 14.9 Å². The Morgan fingerprint density at radius 3 is 2.92 bits per heavy atom. The molecule has 3 rings (SSSR count). The highest BCUT2D eigenvalue weighted by Crippen LogP contribution is 2.28. The molecule has 1 fully saturated rings. The summed E-state index contributed by atoms with van der Waals surface area (Å²) >= 11 is 0. The number of nitrogens with one attached hydrogen (secondary N) is 1. The minimum Gasteiger partial charge on any atom is -0.442 e. The lowest BCUT2D eigenvalue weighted by Gasteiger charge is -2.14. The van der Waals surface area contributed by atoms with Gasteiger partial charge in [-0.1, -0.05) is 6.08 Å². The Morgan fingerprint density at radius 2 is 2.29 bits per heavy atom. The fourth-order valence-corrected chi connectivity index (χ4v) is 3.83. The third-order valence-electron chi connectivity index (χ3n) is 3.90. The Kier molecular flexibility index (Phi) is 4.66. The van der Waals surface area contributed by atoms with E-state index in [2.05, 4.69) is 5.32 Å². The molecular formula is C16H17FN2O4S. The zero-order valence-electron chi connectivity index (χ0n) is 13.1. The first-order chi connectivity index (χ1) is 11.4. The van der Waals surface area contributed by atoms with Gasteiger partial charge in [-0.15, -0.1) is 0 Å². The Bertz CT molecular complexity index is 750. The molecule has 2 amide bonds. The van der Waals surface area contributed by atoms with Gasteiger partial charge in [0, 0.05) is 34.8 Å². The summed E-state index contributed by atoms with van der Waals surface area (Å²) in [5, 5.41) is 2.59. The van der Waals surface area contributed by atoms with Crippen LogP contribution in [0.15, 0.2) is 24.3 Å². The number of hydrogen-bond donors (Lipinski definition) is 1. The lowest BCUT2D eigenvalue weighted by molar-refractivity contribution is -0.119. The molecule has 0 saturated carbocycles. The number of cyclic esters (lactones) is 1. The van der Waals surface area contributed by atoms with E-state index in [0.29, 0.717) is 22.8 Å². The molecule has 2 aliphatic heterocycles. The summed E-state index contributed by atoms with van der Waals surface area (Å²) in [7, 11) is -0.964. The van der Waals surface area contributed by atoms with Crippen LogP contribution in [-0.2, 0) is 20.3 Å². The number of rotatable bonds is 4. The van der Waals surface area contributed by atoms with Crippen molar-refractivity contribution in [2.75, 3.05) is 29.5 Å². The second kappa shape index (κ2) is 6.72. The van der Waals surface area contributed by atoms with E-state index >= 15 is 0 Å². The normalized spacial score (nSPS) is 23.2. The molecule has 128 valence electrons. The van der Waals surface area contributed by atoms with Crippen molar-refractivity contribution in [1.29, 1.82) is 0 Å². The van der Waals surface area contributed by atoms with Crippen molar-refractivity contribution in [3.05, 3.63) is 35.7 Å². The minimum atomic E-state index is -0.964. The van der Waals surface area contributed by atoms with Crippen LogP contribution in [-0.4, -0.2) is 46.9 Å². The lowest BCUT2D eigenvalue weighted by atomic mass is 10.1. The second-order valence-corrected chi connectivity index (χ2v) is 7.20. The molecule has 8 heteroatoms. The van der Waals surface area contributed by atoms with Crippen LogP contribution in [0.1, 0.15) is 12.5 Å². The first-order valence-corrected chi connectivity index (χ1v) is 8.99. The summed E-state index contributed by atoms with van der Waals surface area (Å²) in [5.41, 5.74) is 1.53. The molecule has 1 N–H and O–H groups in total. The van der Waals surface area contributed by atoms with E-state index in [1.807, 2.05) is 0 Å². The van der Waals surface area contributed by atoms with Gasteiger partial charge >= 0.3 is 6.09 Å². The van der Waals surface area contributed by atoms with Gasteiger partial charge in [0.1, 0.15) is 11.9 Å². The number of benzene rings is 1. The van der Waals surface area contributed by atoms with Crippen LogP contribution in [0.25, 0.3) is 5.57 Å². The van der Waals surface area contributed by atoms with Crippen molar-refractivity contribution in [3.8, 4) is 0 Å². The molecule has 0 radical (unpaired) electrons. The highest BCUT2D eigenvalue weighted by Gasteiger charge is 2.32. The van der Waals surface area contributed by atoms with Crippen LogP contribution in [0.5, 0.6) is 0 Å². The van der Waals surface area contributed by atoms with E-state index in [1.165, 1.54) is 17.9 Å². The van der Waals surface area contributed by atoms with Gasteiger partial charge < -0.3 is 10.1 Å². The third-order valence-corrected chi connectivity index (χ3v) is 5.07. The van der Waals surface area contributed by atoms with Crippen LogP contribution >= 0.6 is 0 Å². The number of nitrogens with zero attached hydrogens (tertiary/aromatic N) is 1. The van der Waals surface area contributed by atoms with Crippen LogP contribution in [0.2, 0.25) is 0 Å². The third kappa shape index (κ3) is 3.48. The van der Waals surface area contributed by atoms with Crippen molar-refractivity contribution in [2.24, 2.45) is 0 Å². The van der Waals surface area contributed by atoms with Crippen LogP contribution < -0.4 is 10.2 Å². The fourth-order valence-electron chi connectivity index (χ4n) is 2.70. The van der Waals surface area contributed by atoms with E-state index in [1.54, 1.807) is 18.2 Å². The number of ether oxygens (including phenoxy) is 1. The first-order valence-electron chi connectivity index (χ1n) is 7.50. The average Bonchev–Trinajstić information content (AvgIpc) is 3.11. The van der Waals surface area contributed by atoms with Gasteiger partial charge in [-0.25, -0.2) is 9.18 Å². The van der Waals surface area contributed by atoms with Crippen molar-refractivity contribution in [1.82, 2.24) is 5.32 Å². The molecule has 0 spiro atoms. The van der Waals surface area contributed by atoms with Crippen molar-refractivity contribution in [3.63, 3.8) is 0 Å². The molecule has 0 aliphatic carbocycles. The minimum absolute atomic E-state index is 0.206. The first kappa shape index (κ1) is 16.6. The number of halogens is 1. The van der Waals surface area contributed by atoms with Gasteiger partial charge in [0.25, 0.3) is 0 Å². The van der Waals surface area contributed by atoms with E-state index in [4.69, 9.17) is 4.74 Å². The zero-order chi connectivity index (χ0) is 17.3. The molecule has 6 nitrogen and oxygen atoms in total. The van der Waals surface area contributed by atoms with Crippen LogP contribution in [0, 0.1) is 5.82 Å². The van der Waals surface area contributed by atoms with Crippen molar-refractivity contribution >= 4 is 34.1 Å². The summed E-state index contributed by atoms with van der Waals surface area (Å²) < 4.78 is 31.0. The Morgan fingerprint density at radius 1 is 1.50 bits per heavy atom. The number of carbonyl (C=O) groups is 2. The summed E-state index contributed by atoms with van der Waals surface area (Å²) in [6, 6.07) is 4.51. The maximum absolute atomic E-state index is 14.4. The summed E-state index contributed by atoms with van der Waals surface area (Å²) in [5.74, 6) is 0.124. The average molecular weight is 352 g/mol. The Hall–Kier alpha value is -2.22. The van der Waals surface area contributed by atoms with Crippen molar-refractivity contribution < 1.29 is 22.9 Å². The summed E-state index contributed by atoms with van der Waals surface area (Å²) in [6.07, 6.45) is 0.740. The highest BCUT2D eigenvalue weighted by atomic mass is 32.2. The van der Waals surface area contributed by atoms with E-state index in [0.717, 1.165) is 5.57 Å². The molecule has 1 aromatic rings. The standard InChI is InChI=1S/C16H17FN2O4S/c1-10(20)18-7-13-8-19(16(21)23-13)12-2-3-14(15(17)6-12)11-4-5-24(22)9-11/h2-4,6,13H,5,7-9H2,1H3,(H,18,20). The van der Waals surface area contributed by atoms with Gasteiger partial charge in [0.05, 0.1) is 18.8 Å². The van der Waals surface area contributed by atoms with E-state index in [-0.39, 0.29) is 19.0 Å². The molecule has 0 aromatic heterocycles. The molecule has 1 saturated heterocycles. The lowest BCUT2D eigenvalue weighted by Crippen LogP contribution is -2.33. The number of hydrogen-bond acceptors (Lipinski definition) is 4.